The molecule has 0 bridgehead atoms. The Balaban J connectivity index is 1.90. The lowest BCUT2D eigenvalue weighted by Gasteiger charge is -2.43. The van der Waals surface area contributed by atoms with Crippen LogP contribution in [0.4, 0.5) is 5.82 Å². The van der Waals surface area contributed by atoms with Gasteiger partial charge in [-0.2, -0.15) is 0 Å². The molecule has 2 unspecified atom stereocenters. The monoisotopic (exact) mass is 296 g/mol. The topological polar surface area (TPSA) is 79.5 Å². The number of aromatic nitrogens is 1. The third-order valence-electron chi connectivity index (χ3n) is 4.21. The Morgan fingerprint density at radius 1 is 1.36 bits per heavy atom. The largest absolute Gasteiger partial charge is 0.385 e. The highest BCUT2D eigenvalue weighted by molar-refractivity contribution is 5.83. The van der Waals surface area contributed by atoms with Gasteiger partial charge in [-0.05, 0) is 24.1 Å². The second-order valence-corrected chi connectivity index (χ2v) is 5.58. The lowest BCUT2D eigenvalue weighted by atomic mass is 9.80. The normalized spacial score (nSPS) is 25.0. The molecule has 3 rings (SSSR count). The van der Waals surface area contributed by atoms with E-state index < -0.39 is 17.6 Å². The number of benzene rings is 1. The van der Waals surface area contributed by atoms with Crippen LogP contribution in [0.1, 0.15) is 18.4 Å². The van der Waals surface area contributed by atoms with Gasteiger partial charge in [0.05, 0.1) is 5.60 Å². The van der Waals surface area contributed by atoms with Crippen LogP contribution in [0.25, 0.3) is 0 Å². The third kappa shape index (κ3) is 2.67. The van der Waals surface area contributed by atoms with Crippen LogP contribution >= 0.6 is 0 Å². The third-order valence-corrected chi connectivity index (χ3v) is 4.21. The maximum atomic E-state index is 11.9. The summed E-state index contributed by atoms with van der Waals surface area (Å²) in [5, 5.41) is 11.0. The van der Waals surface area contributed by atoms with E-state index in [0.29, 0.717) is 18.8 Å². The molecule has 2 aromatic rings. The van der Waals surface area contributed by atoms with Crippen molar-refractivity contribution in [3.05, 3.63) is 60.3 Å². The second kappa shape index (κ2) is 5.77. The minimum absolute atomic E-state index is 0.257. The Morgan fingerprint density at radius 3 is 2.77 bits per heavy atom. The lowest BCUT2D eigenvalue weighted by Crippen LogP contribution is -2.55. The van der Waals surface area contributed by atoms with E-state index in [1.165, 1.54) is 0 Å². The maximum Gasteiger partial charge on any atom is 0.240 e. The number of carbonyl (C=O) groups is 1. The fraction of sp³-hybridized carbons (Fsp3) is 0.294. The minimum atomic E-state index is -1.04. The molecule has 0 saturated carbocycles. The van der Waals surface area contributed by atoms with Crippen LogP contribution in [0.5, 0.6) is 0 Å². The summed E-state index contributed by atoms with van der Waals surface area (Å²) in [4.78, 5) is 18.0. The van der Waals surface area contributed by atoms with Crippen molar-refractivity contribution >= 4 is 11.7 Å². The molecule has 1 saturated heterocycles. The number of nitrogens with two attached hydrogens (primary N) is 1. The molecule has 1 aliphatic rings. The average Bonchev–Trinajstić information content (AvgIpc) is 2.56. The summed E-state index contributed by atoms with van der Waals surface area (Å²) in [6, 6.07) is 15.2. The number of aliphatic hydroxyl groups is 1. The van der Waals surface area contributed by atoms with E-state index in [0.717, 1.165) is 5.56 Å². The van der Waals surface area contributed by atoms with Crippen molar-refractivity contribution in [2.75, 3.05) is 11.4 Å². The van der Waals surface area contributed by atoms with Crippen LogP contribution in [0.2, 0.25) is 0 Å². The van der Waals surface area contributed by atoms with Crippen molar-refractivity contribution in [3.63, 3.8) is 0 Å². The van der Waals surface area contributed by atoms with E-state index in [1.54, 1.807) is 18.3 Å². The Kier molecular flexibility index (Phi) is 3.81. The first-order valence-electron chi connectivity index (χ1n) is 7.26. The molecule has 1 aliphatic heterocycles. The number of carbonyl (C=O) groups excluding carboxylic acids is 1. The zero-order valence-corrected chi connectivity index (χ0v) is 12.1. The molecule has 0 spiro atoms. The summed E-state index contributed by atoms with van der Waals surface area (Å²) in [6.07, 6.45) is 2.33. The van der Waals surface area contributed by atoms with Gasteiger partial charge in [0.2, 0.25) is 5.91 Å². The van der Waals surface area contributed by atoms with Crippen molar-refractivity contribution in [2.45, 2.75) is 24.5 Å². The van der Waals surface area contributed by atoms with Crippen LogP contribution in [-0.4, -0.2) is 28.6 Å². The molecule has 1 radical (unpaired) electrons. The highest BCUT2D eigenvalue weighted by Gasteiger charge is 2.42. The van der Waals surface area contributed by atoms with E-state index in [-0.39, 0.29) is 6.42 Å². The van der Waals surface area contributed by atoms with Crippen LogP contribution < -0.4 is 10.6 Å². The standard InChI is InChI=1S/C17H18N3O2/c18-16(21)14-12-17(22,13-6-2-1-3-7-13)9-11-20(14)15-8-4-5-10-19-15/h1-4,6-8,10,14,22H,9,11-12H2,(H2,18,21). The van der Waals surface area contributed by atoms with Crippen molar-refractivity contribution < 1.29 is 9.90 Å². The van der Waals surface area contributed by atoms with Crippen molar-refractivity contribution in [1.82, 2.24) is 4.98 Å². The maximum absolute atomic E-state index is 11.9. The first kappa shape index (κ1) is 14.5. The van der Waals surface area contributed by atoms with E-state index in [2.05, 4.69) is 11.1 Å². The smallest absolute Gasteiger partial charge is 0.240 e. The fourth-order valence-electron chi connectivity index (χ4n) is 3.01. The van der Waals surface area contributed by atoms with Gasteiger partial charge in [-0.15, -0.1) is 0 Å². The van der Waals surface area contributed by atoms with Crippen molar-refractivity contribution in [3.8, 4) is 0 Å². The number of primary amides is 1. The van der Waals surface area contributed by atoms with E-state index >= 15 is 0 Å². The number of hydrogen-bond donors (Lipinski definition) is 2. The Bertz CT molecular complexity index is 647. The summed E-state index contributed by atoms with van der Waals surface area (Å²) >= 11 is 0. The molecule has 1 aromatic carbocycles. The fourth-order valence-corrected chi connectivity index (χ4v) is 3.01. The molecular weight excluding hydrogens is 278 g/mol. The van der Waals surface area contributed by atoms with Gasteiger partial charge in [0.25, 0.3) is 0 Å². The number of amides is 1. The van der Waals surface area contributed by atoms with Gasteiger partial charge in [0.15, 0.2) is 0 Å². The Hall–Kier alpha value is -2.40. The second-order valence-electron chi connectivity index (χ2n) is 5.58. The van der Waals surface area contributed by atoms with E-state index in [9.17, 15) is 9.90 Å². The molecule has 2 atom stereocenters. The molecule has 5 heteroatoms. The van der Waals surface area contributed by atoms with E-state index in [4.69, 9.17) is 5.73 Å². The van der Waals surface area contributed by atoms with Gasteiger partial charge in [-0.25, -0.2) is 4.98 Å². The number of rotatable bonds is 3. The summed E-state index contributed by atoms with van der Waals surface area (Å²) in [5.74, 6) is 0.223. The number of piperidine rings is 1. The molecule has 1 fully saturated rings. The highest BCUT2D eigenvalue weighted by atomic mass is 16.3. The van der Waals surface area contributed by atoms with Gasteiger partial charge in [-0.1, -0.05) is 30.3 Å². The van der Waals surface area contributed by atoms with Crippen LogP contribution in [0.3, 0.4) is 0 Å². The molecule has 5 nitrogen and oxygen atoms in total. The summed E-state index contributed by atoms with van der Waals surface area (Å²) in [6.45, 7) is 0.510. The predicted molar refractivity (Wildman–Crippen MR) is 83.0 cm³/mol. The first-order chi connectivity index (χ1) is 10.6. The van der Waals surface area contributed by atoms with Crippen molar-refractivity contribution in [2.24, 2.45) is 5.73 Å². The highest BCUT2D eigenvalue weighted by Crippen LogP contribution is 2.37. The first-order valence-corrected chi connectivity index (χ1v) is 7.26. The van der Waals surface area contributed by atoms with Crippen LogP contribution in [0, 0.1) is 6.07 Å². The molecule has 0 aliphatic carbocycles. The van der Waals surface area contributed by atoms with Crippen molar-refractivity contribution in [1.29, 1.82) is 0 Å². The lowest BCUT2D eigenvalue weighted by molar-refractivity contribution is -0.122. The SMILES string of the molecule is NC(=O)C1CC(O)(c2ccccc2)CCN1c1cc[c]cn1. The zero-order valence-electron chi connectivity index (χ0n) is 12.1. The van der Waals surface area contributed by atoms with Gasteiger partial charge in [-0.3, -0.25) is 4.79 Å². The molecule has 113 valence electrons. The number of hydrogen-bond acceptors (Lipinski definition) is 4. The van der Waals surface area contributed by atoms with Crippen LogP contribution in [-0.2, 0) is 10.4 Å². The number of nitrogens with zero attached hydrogens (tertiary/aromatic N) is 2. The Labute approximate surface area is 129 Å². The average molecular weight is 296 g/mol. The predicted octanol–water partition coefficient (Wildman–Crippen LogP) is 1.22. The molecular formula is C17H18N3O2. The quantitative estimate of drug-likeness (QED) is 0.892. The Morgan fingerprint density at radius 2 is 2.14 bits per heavy atom. The number of pyridine rings is 1. The minimum Gasteiger partial charge on any atom is -0.385 e. The zero-order chi connectivity index (χ0) is 15.6. The molecule has 2 heterocycles. The van der Waals surface area contributed by atoms with Gasteiger partial charge in [0.1, 0.15) is 11.9 Å². The molecule has 3 N–H and O–H groups in total. The van der Waals surface area contributed by atoms with Gasteiger partial charge < -0.3 is 15.7 Å². The summed E-state index contributed by atoms with van der Waals surface area (Å²) < 4.78 is 0. The number of anilines is 1. The molecule has 22 heavy (non-hydrogen) atoms. The summed E-state index contributed by atoms with van der Waals surface area (Å²) in [7, 11) is 0. The summed E-state index contributed by atoms with van der Waals surface area (Å²) in [5.41, 5.74) is 5.34. The van der Waals surface area contributed by atoms with Crippen LogP contribution in [0.15, 0.2) is 48.7 Å². The van der Waals surface area contributed by atoms with Gasteiger partial charge >= 0.3 is 0 Å². The molecule has 1 amide bonds. The molecule has 1 aromatic heterocycles. The van der Waals surface area contributed by atoms with E-state index in [1.807, 2.05) is 35.2 Å². The van der Waals surface area contributed by atoms with Gasteiger partial charge in [0, 0.05) is 25.2 Å².